The SMILES string of the molecule is CC1C=Cc2c(n(-c3ccccc3)c3ccc(-c4cccc(N(c5ccccc5-c5cccc6cccc(C7CCCCC7)c56)c5cccc6c5-c5ccccc5C6(C)C)c4)cc23)C1. The van der Waals surface area contributed by atoms with Crippen LogP contribution >= 0.6 is 0 Å². The summed E-state index contributed by atoms with van der Waals surface area (Å²) in [7, 11) is 0. The molecule has 1 saturated carbocycles. The van der Waals surface area contributed by atoms with Crippen molar-refractivity contribution in [1.82, 2.24) is 4.57 Å². The number of rotatable bonds is 7. The van der Waals surface area contributed by atoms with E-state index in [1.807, 2.05) is 0 Å². The maximum Gasteiger partial charge on any atom is 0.0543 e. The first-order valence-corrected chi connectivity index (χ1v) is 23.6. The van der Waals surface area contributed by atoms with Crippen molar-refractivity contribution in [3.05, 3.63) is 210 Å². The lowest BCUT2D eigenvalue weighted by Gasteiger charge is -2.31. The molecule has 12 rings (SSSR count). The highest BCUT2D eigenvalue weighted by Gasteiger charge is 2.38. The molecule has 0 N–H and O–H groups in total. The molecule has 312 valence electrons. The monoisotopic (exact) mass is 826 g/mol. The number of allylic oxidation sites excluding steroid dienone is 1. The molecule has 2 nitrogen and oxygen atoms in total. The van der Waals surface area contributed by atoms with E-state index in [9.17, 15) is 0 Å². The Kier molecular flexibility index (Phi) is 9.34. The second-order valence-corrected chi connectivity index (χ2v) is 19.2. The molecule has 0 radical (unpaired) electrons. The third-order valence-corrected chi connectivity index (χ3v) is 14.9. The quantitative estimate of drug-likeness (QED) is 0.155. The summed E-state index contributed by atoms with van der Waals surface area (Å²) in [5, 5.41) is 4.03. The minimum atomic E-state index is -0.129. The van der Waals surface area contributed by atoms with Gasteiger partial charge in [-0.1, -0.05) is 180 Å². The molecule has 0 saturated heterocycles. The number of anilines is 3. The van der Waals surface area contributed by atoms with E-state index < -0.39 is 0 Å². The fraction of sp³-hybridized carbons (Fsp3) is 0.194. The van der Waals surface area contributed by atoms with E-state index in [1.165, 1.54) is 132 Å². The van der Waals surface area contributed by atoms with Crippen molar-refractivity contribution in [3.63, 3.8) is 0 Å². The largest absolute Gasteiger partial charge is 0.313 e. The highest BCUT2D eigenvalue weighted by atomic mass is 15.1. The van der Waals surface area contributed by atoms with Gasteiger partial charge in [-0.3, -0.25) is 0 Å². The molecule has 9 aromatic rings. The Labute approximate surface area is 378 Å². The van der Waals surface area contributed by atoms with E-state index in [4.69, 9.17) is 0 Å². The first-order valence-electron chi connectivity index (χ1n) is 23.6. The number of hydrogen-bond donors (Lipinski definition) is 0. The topological polar surface area (TPSA) is 8.17 Å². The molecule has 0 amide bonds. The van der Waals surface area contributed by atoms with Gasteiger partial charge in [0.15, 0.2) is 0 Å². The maximum atomic E-state index is 2.58. The van der Waals surface area contributed by atoms with Crippen LogP contribution in [0.3, 0.4) is 0 Å². The molecule has 3 aliphatic carbocycles. The van der Waals surface area contributed by atoms with Crippen LogP contribution in [0, 0.1) is 5.92 Å². The Morgan fingerprint density at radius 2 is 1.27 bits per heavy atom. The number of hydrogen-bond acceptors (Lipinski definition) is 1. The van der Waals surface area contributed by atoms with Crippen molar-refractivity contribution in [1.29, 1.82) is 0 Å². The Morgan fingerprint density at radius 1 is 0.578 bits per heavy atom. The minimum absolute atomic E-state index is 0.129. The van der Waals surface area contributed by atoms with Crippen LogP contribution in [0.2, 0.25) is 0 Å². The summed E-state index contributed by atoms with van der Waals surface area (Å²) in [6.45, 7) is 7.10. The van der Waals surface area contributed by atoms with Gasteiger partial charge in [-0.2, -0.15) is 0 Å². The van der Waals surface area contributed by atoms with Crippen LogP contribution in [0.4, 0.5) is 17.1 Å². The fourth-order valence-corrected chi connectivity index (χ4v) is 11.8. The molecule has 0 spiro atoms. The van der Waals surface area contributed by atoms with E-state index in [-0.39, 0.29) is 5.41 Å². The van der Waals surface area contributed by atoms with Gasteiger partial charge in [0.1, 0.15) is 0 Å². The molecule has 1 atom stereocenters. The van der Waals surface area contributed by atoms with Gasteiger partial charge in [0.2, 0.25) is 0 Å². The van der Waals surface area contributed by atoms with Gasteiger partial charge in [0, 0.05) is 44.6 Å². The molecule has 1 unspecified atom stereocenters. The fourth-order valence-electron chi connectivity index (χ4n) is 11.8. The molecule has 3 aliphatic rings. The molecule has 0 aliphatic heterocycles. The average Bonchev–Trinajstić information content (AvgIpc) is 3.79. The summed E-state index contributed by atoms with van der Waals surface area (Å²) in [5.41, 5.74) is 20.5. The van der Waals surface area contributed by atoms with Crippen molar-refractivity contribution in [2.24, 2.45) is 5.92 Å². The summed E-state index contributed by atoms with van der Waals surface area (Å²) in [6.07, 6.45) is 12.3. The average molecular weight is 827 g/mol. The minimum Gasteiger partial charge on any atom is -0.313 e. The first kappa shape index (κ1) is 38.7. The molecular weight excluding hydrogens is 773 g/mol. The van der Waals surface area contributed by atoms with E-state index in [0.717, 1.165) is 12.1 Å². The molecule has 1 aromatic heterocycles. The smallest absolute Gasteiger partial charge is 0.0543 e. The van der Waals surface area contributed by atoms with Gasteiger partial charge in [0.05, 0.1) is 16.9 Å². The normalized spacial score (nSPS) is 16.5. The van der Waals surface area contributed by atoms with Gasteiger partial charge in [-0.25, -0.2) is 0 Å². The summed E-state index contributed by atoms with van der Waals surface area (Å²) >= 11 is 0. The zero-order valence-electron chi connectivity index (χ0n) is 37.2. The lowest BCUT2D eigenvalue weighted by molar-refractivity contribution is 0.445. The molecule has 1 fully saturated rings. The van der Waals surface area contributed by atoms with Gasteiger partial charge in [0.25, 0.3) is 0 Å². The zero-order valence-corrected chi connectivity index (χ0v) is 37.2. The van der Waals surface area contributed by atoms with Crippen LogP contribution in [0.5, 0.6) is 0 Å². The van der Waals surface area contributed by atoms with Crippen molar-refractivity contribution in [3.8, 4) is 39.1 Å². The predicted octanol–water partition coefficient (Wildman–Crippen LogP) is 17.1. The van der Waals surface area contributed by atoms with Crippen LogP contribution in [-0.4, -0.2) is 4.57 Å². The summed E-state index contributed by atoms with van der Waals surface area (Å²) in [5.74, 6) is 1.08. The molecule has 1 heterocycles. The Hall–Kier alpha value is -6.90. The third kappa shape index (κ3) is 6.21. The van der Waals surface area contributed by atoms with Crippen LogP contribution in [0.25, 0.3) is 66.8 Å². The second-order valence-electron chi connectivity index (χ2n) is 19.2. The lowest BCUT2D eigenvalue weighted by atomic mass is 9.80. The van der Waals surface area contributed by atoms with Crippen molar-refractivity contribution in [2.45, 2.75) is 70.6 Å². The Bertz CT molecular complexity index is 3280. The molecule has 0 bridgehead atoms. The molecular formula is C62H54N2. The number of benzene rings is 8. The highest BCUT2D eigenvalue weighted by molar-refractivity contribution is 6.05. The Morgan fingerprint density at radius 3 is 2.12 bits per heavy atom. The molecule has 2 heteroatoms. The number of fused-ring (bicyclic) bond motifs is 7. The van der Waals surface area contributed by atoms with E-state index in [0.29, 0.717) is 11.8 Å². The van der Waals surface area contributed by atoms with Gasteiger partial charge < -0.3 is 9.47 Å². The summed E-state index contributed by atoms with van der Waals surface area (Å²) in [4.78, 5) is 2.58. The maximum absolute atomic E-state index is 2.58. The number of aromatic nitrogens is 1. The highest BCUT2D eigenvalue weighted by Crippen LogP contribution is 2.55. The molecule has 64 heavy (non-hydrogen) atoms. The lowest BCUT2D eigenvalue weighted by Crippen LogP contribution is -2.16. The van der Waals surface area contributed by atoms with Crippen LogP contribution in [-0.2, 0) is 11.8 Å². The van der Waals surface area contributed by atoms with E-state index >= 15 is 0 Å². The summed E-state index contributed by atoms with van der Waals surface area (Å²) < 4.78 is 2.49. The first-order chi connectivity index (χ1) is 31.4. The van der Waals surface area contributed by atoms with Gasteiger partial charge in [-0.05, 0) is 129 Å². The van der Waals surface area contributed by atoms with Crippen LogP contribution in [0.15, 0.2) is 182 Å². The van der Waals surface area contributed by atoms with E-state index in [1.54, 1.807) is 0 Å². The predicted molar refractivity (Wildman–Crippen MR) is 272 cm³/mol. The number of para-hydroxylation sites is 2. The molecule has 8 aromatic carbocycles. The second kappa shape index (κ2) is 15.4. The summed E-state index contributed by atoms with van der Waals surface area (Å²) in [6, 6.07) is 66.5. The van der Waals surface area contributed by atoms with Gasteiger partial charge >= 0.3 is 0 Å². The van der Waals surface area contributed by atoms with Crippen molar-refractivity contribution < 1.29 is 0 Å². The van der Waals surface area contributed by atoms with E-state index in [2.05, 4.69) is 218 Å². The standard InChI is InChI=1S/C62H54N2/c1-41-34-36-50-53-40-45(35-37-57(53)63(59(50)38-41)46-23-8-5-9-24-46)44-22-14-25-47(39-44)64(58-33-17-31-55-61(58)52-27-10-12-30-54(52)62(55,2)3)56-32-13-11-26-49(56)51-29-16-21-43-20-15-28-48(60(43)51)42-18-6-4-7-19-42/h5,8-17,20-37,39-42H,4,6-7,18-19,38H2,1-3H3. The van der Waals surface area contributed by atoms with Crippen LogP contribution in [0.1, 0.15) is 86.7 Å². The number of nitrogens with zero attached hydrogens (tertiary/aromatic N) is 2. The van der Waals surface area contributed by atoms with Crippen LogP contribution < -0.4 is 4.90 Å². The van der Waals surface area contributed by atoms with Gasteiger partial charge in [-0.15, -0.1) is 0 Å². The van der Waals surface area contributed by atoms with Crippen molar-refractivity contribution in [2.75, 3.05) is 4.90 Å². The van der Waals surface area contributed by atoms with Crippen molar-refractivity contribution >= 4 is 44.8 Å². The Balaban J connectivity index is 1.08. The third-order valence-electron chi connectivity index (χ3n) is 14.9. The zero-order chi connectivity index (χ0) is 42.9.